The van der Waals surface area contributed by atoms with Gasteiger partial charge in [-0.05, 0) is 12.5 Å². The molecule has 1 aromatic carbocycles. The van der Waals surface area contributed by atoms with Crippen LogP contribution in [-0.2, 0) is 20.9 Å². The van der Waals surface area contributed by atoms with Crippen molar-refractivity contribution in [2.45, 2.75) is 31.3 Å². The number of alkyl halides is 3. The van der Waals surface area contributed by atoms with E-state index in [2.05, 4.69) is 4.74 Å². The Morgan fingerprint density at radius 3 is 2.42 bits per heavy atom. The van der Waals surface area contributed by atoms with Gasteiger partial charge in [0.05, 0.1) is 12.7 Å². The summed E-state index contributed by atoms with van der Waals surface area (Å²) in [6.07, 6.45) is -6.57. The predicted octanol–water partition coefficient (Wildman–Crippen LogP) is 2.40. The topological polar surface area (TPSA) is 79.4 Å². The van der Waals surface area contributed by atoms with Crippen LogP contribution >= 0.6 is 0 Å². The average molecular weight is 342 g/mol. The molecule has 0 aromatic heterocycles. The van der Waals surface area contributed by atoms with Crippen molar-refractivity contribution in [2.24, 2.45) is 0 Å². The van der Waals surface area contributed by atoms with Gasteiger partial charge in [-0.15, -0.1) is 0 Å². The van der Waals surface area contributed by atoms with E-state index < -0.39 is 29.8 Å². The largest absolute Gasteiger partial charge is 0.464 e. The van der Waals surface area contributed by atoms with Gasteiger partial charge in [-0.25, -0.2) is 9.59 Å². The Morgan fingerprint density at radius 1 is 1.29 bits per heavy atom. The van der Waals surface area contributed by atoms with Crippen molar-refractivity contribution in [2.75, 3.05) is 6.61 Å². The highest BCUT2D eigenvalue weighted by molar-refractivity contribution is 5.95. The van der Waals surface area contributed by atoms with Crippen LogP contribution in [0.3, 0.4) is 0 Å². The van der Waals surface area contributed by atoms with Gasteiger partial charge in [0.15, 0.2) is 6.04 Å². The molecular weight excluding hydrogens is 329 g/mol. The fourth-order valence-electron chi connectivity index (χ4n) is 2.34. The highest BCUT2D eigenvalue weighted by Crippen LogP contribution is 2.53. The van der Waals surface area contributed by atoms with Gasteiger partial charge in [0.1, 0.15) is 6.61 Å². The third-order valence-electron chi connectivity index (χ3n) is 3.51. The van der Waals surface area contributed by atoms with Gasteiger partial charge in [-0.3, -0.25) is 4.90 Å². The van der Waals surface area contributed by atoms with Gasteiger partial charge in [0.2, 0.25) is 0 Å². The number of carbonyl (C=O) groups is 2. The van der Waals surface area contributed by atoms with Gasteiger partial charge in [0, 0.05) is 0 Å². The second kappa shape index (κ2) is 6.39. The van der Waals surface area contributed by atoms with Gasteiger partial charge >= 0.3 is 18.2 Å². The zero-order valence-electron chi connectivity index (χ0n) is 12.5. The first-order valence-electron chi connectivity index (χ1n) is 6.94. The predicted molar refractivity (Wildman–Crippen MR) is 73.3 cm³/mol. The maximum atomic E-state index is 13.4. The van der Waals surface area contributed by atoms with E-state index in [1.54, 1.807) is 30.3 Å². The number of hydrogen-bond acceptors (Lipinski definition) is 5. The molecule has 1 aliphatic rings. The summed E-state index contributed by atoms with van der Waals surface area (Å²) in [5.41, 5.74) is -2.76. The molecule has 0 unspecified atom stereocenters. The van der Waals surface area contributed by atoms with E-state index in [1.807, 2.05) is 0 Å². The van der Waals surface area contributed by atoms with Gasteiger partial charge < -0.3 is 9.47 Å². The Hall–Kier alpha value is -2.76. The minimum absolute atomic E-state index is 0.0634. The minimum Gasteiger partial charge on any atom is -0.464 e. The summed E-state index contributed by atoms with van der Waals surface area (Å²) in [4.78, 5) is 23.8. The third-order valence-corrected chi connectivity index (χ3v) is 3.51. The van der Waals surface area contributed by atoms with E-state index in [0.717, 1.165) is 0 Å². The number of esters is 1. The van der Waals surface area contributed by atoms with Crippen molar-refractivity contribution >= 4 is 12.1 Å². The number of halogens is 3. The number of benzene rings is 1. The third kappa shape index (κ3) is 2.75. The first kappa shape index (κ1) is 17.6. The lowest BCUT2D eigenvalue weighted by molar-refractivity contribution is -0.193. The highest BCUT2D eigenvalue weighted by Gasteiger charge is 2.86. The summed E-state index contributed by atoms with van der Waals surface area (Å²) in [5.74, 6) is -1.69. The molecule has 1 aliphatic heterocycles. The van der Waals surface area contributed by atoms with E-state index in [0.29, 0.717) is 5.56 Å². The molecule has 1 fully saturated rings. The van der Waals surface area contributed by atoms with Gasteiger partial charge in [0.25, 0.3) is 5.54 Å². The number of ether oxygens (including phenoxy) is 2. The molecule has 9 heteroatoms. The smallest absolute Gasteiger partial charge is 0.426 e. The zero-order chi connectivity index (χ0) is 18.0. The Bertz CT molecular complexity index is 672. The summed E-state index contributed by atoms with van der Waals surface area (Å²) >= 11 is 0. The quantitative estimate of drug-likeness (QED) is 0.620. The Balaban J connectivity index is 2.20. The monoisotopic (exact) mass is 342 g/mol. The van der Waals surface area contributed by atoms with Crippen LogP contribution in [0.25, 0.3) is 0 Å². The molecule has 1 saturated heterocycles. The van der Waals surface area contributed by atoms with Gasteiger partial charge in [-0.2, -0.15) is 18.4 Å². The van der Waals surface area contributed by atoms with Crippen LogP contribution in [0.15, 0.2) is 30.3 Å². The molecule has 24 heavy (non-hydrogen) atoms. The molecule has 0 spiro atoms. The molecule has 0 aliphatic carbocycles. The lowest BCUT2D eigenvalue weighted by atomic mass is 10.1. The lowest BCUT2D eigenvalue weighted by Gasteiger charge is -2.18. The lowest BCUT2D eigenvalue weighted by Crippen LogP contribution is -2.47. The number of carbonyl (C=O) groups excluding carboxylic acids is 2. The molecule has 0 N–H and O–H groups in total. The number of amides is 1. The van der Waals surface area contributed by atoms with Crippen LogP contribution in [0.5, 0.6) is 0 Å². The Morgan fingerprint density at radius 2 is 1.92 bits per heavy atom. The second-order valence-electron chi connectivity index (χ2n) is 4.93. The molecule has 1 heterocycles. The molecule has 6 nitrogen and oxygen atoms in total. The van der Waals surface area contributed by atoms with Crippen LogP contribution in [-0.4, -0.2) is 41.3 Å². The number of nitrogens with zero attached hydrogens (tertiary/aromatic N) is 2. The molecule has 1 amide bonds. The molecule has 2 rings (SSSR count). The summed E-state index contributed by atoms with van der Waals surface area (Å²) in [6.45, 7) is 0.719. The summed E-state index contributed by atoms with van der Waals surface area (Å²) < 4.78 is 49.3. The van der Waals surface area contributed by atoms with Crippen LogP contribution < -0.4 is 0 Å². The van der Waals surface area contributed by atoms with E-state index in [-0.39, 0.29) is 18.1 Å². The Labute approximate surface area is 135 Å². The normalized spacial score (nSPS) is 22.5. The standard InChI is InChI=1S/C15H13F3N2O4/c1-2-23-12(21)14(15(16,17)18)11(8-19)20(14)13(22)24-9-10-6-4-3-5-7-10/h3-7,11H,2,9H2,1H3/t11-,14-,20?/m1/s1. The SMILES string of the molecule is CCOC(=O)[C@@]1(C(F)(F)F)[C@@H](C#N)N1C(=O)OCc1ccccc1. The zero-order valence-corrected chi connectivity index (χ0v) is 12.5. The second-order valence-corrected chi connectivity index (χ2v) is 4.93. The van der Waals surface area contributed by atoms with Crippen molar-refractivity contribution in [1.29, 1.82) is 5.26 Å². The summed E-state index contributed by atoms with van der Waals surface area (Å²) in [5, 5.41) is 8.92. The van der Waals surface area contributed by atoms with Crippen molar-refractivity contribution in [3.63, 3.8) is 0 Å². The maximum absolute atomic E-state index is 13.4. The van der Waals surface area contributed by atoms with E-state index >= 15 is 0 Å². The number of rotatable bonds is 4. The van der Waals surface area contributed by atoms with Gasteiger partial charge in [-0.1, -0.05) is 30.3 Å². The highest BCUT2D eigenvalue weighted by atomic mass is 19.4. The van der Waals surface area contributed by atoms with Crippen LogP contribution in [0, 0.1) is 11.3 Å². The summed E-state index contributed by atoms with van der Waals surface area (Å²) in [6, 6.07) is 7.56. The van der Waals surface area contributed by atoms with E-state index in [4.69, 9.17) is 10.00 Å². The Kier molecular flexibility index (Phi) is 4.68. The average Bonchev–Trinajstić information content (AvgIpc) is 3.24. The van der Waals surface area contributed by atoms with E-state index in [1.165, 1.54) is 13.0 Å². The fraction of sp³-hybridized carbons (Fsp3) is 0.400. The fourth-order valence-corrected chi connectivity index (χ4v) is 2.34. The number of hydrogen-bond donors (Lipinski definition) is 0. The van der Waals surface area contributed by atoms with Crippen molar-refractivity contribution < 1.29 is 32.2 Å². The molecule has 0 saturated carbocycles. The van der Waals surface area contributed by atoms with E-state index in [9.17, 15) is 22.8 Å². The van der Waals surface area contributed by atoms with Crippen molar-refractivity contribution in [3.8, 4) is 6.07 Å². The number of nitriles is 1. The van der Waals surface area contributed by atoms with Crippen molar-refractivity contribution in [1.82, 2.24) is 4.90 Å². The first-order valence-corrected chi connectivity index (χ1v) is 6.94. The van der Waals surface area contributed by atoms with Crippen LogP contribution in [0.1, 0.15) is 12.5 Å². The molecular formula is C15H13F3N2O4. The minimum atomic E-state index is -5.16. The molecule has 128 valence electrons. The first-order chi connectivity index (χ1) is 11.3. The summed E-state index contributed by atoms with van der Waals surface area (Å²) in [7, 11) is 0. The molecule has 2 atom stereocenters. The molecule has 0 radical (unpaired) electrons. The van der Waals surface area contributed by atoms with Crippen molar-refractivity contribution in [3.05, 3.63) is 35.9 Å². The maximum Gasteiger partial charge on any atom is 0.426 e. The van der Waals surface area contributed by atoms with Crippen LogP contribution in [0.2, 0.25) is 0 Å². The molecule has 0 bridgehead atoms. The molecule has 1 aromatic rings. The van der Waals surface area contributed by atoms with Crippen LogP contribution in [0.4, 0.5) is 18.0 Å².